The number of amides is 2. The van der Waals surface area contributed by atoms with E-state index in [0.29, 0.717) is 17.7 Å². The minimum absolute atomic E-state index is 0.259. The van der Waals surface area contributed by atoms with Gasteiger partial charge in [-0.3, -0.25) is 9.59 Å². The minimum atomic E-state index is -1.11. The van der Waals surface area contributed by atoms with Crippen molar-refractivity contribution >= 4 is 35.2 Å². The lowest BCUT2D eigenvalue weighted by Gasteiger charge is -2.20. The number of esters is 1. The van der Waals surface area contributed by atoms with Crippen LogP contribution < -0.4 is 10.6 Å². The first kappa shape index (κ1) is 22.4. The van der Waals surface area contributed by atoms with Crippen LogP contribution in [0.2, 0.25) is 0 Å². The van der Waals surface area contributed by atoms with Gasteiger partial charge < -0.3 is 15.4 Å². The molecule has 6 nitrogen and oxygen atoms in total. The highest BCUT2D eigenvalue weighted by atomic mass is 32.2. The van der Waals surface area contributed by atoms with Crippen LogP contribution in [0.25, 0.3) is 0 Å². The predicted molar refractivity (Wildman–Crippen MR) is 111 cm³/mol. The van der Waals surface area contributed by atoms with Gasteiger partial charge in [-0.25, -0.2) is 9.18 Å². The molecule has 2 atom stereocenters. The average molecular weight is 418 g/mol. The topological polar surface area (TPSA) is 84.5 Å². The van der Waals surface area contributed by atoms with Crippen LogP contribution in [0.3, 0.4) is 0 Å². The third kappa shape index (κ3) is 7.23. The van der Waals surface area contributed by atoms with E-state index in [1.807, 2.05) is 6.26 Å². The Morgan fingerprint density at radius 3 is 2.48 bits per heavy atom. The van der Waals surface area contributed by atoms with Gasteiger partial charge in [0.15, 0.2) is 6.10 Å². The minimum Gasteiger partial charge on any atom is -0.451 e. The summed E-state index contributed by atoms with van der Waals surface area (Å²) in [6, 6.07) is 13.0. The number of carbonyl (C=O) groups excluding carboxylic acids is 3. The number of halogens is 1. The van der Waals surface area contributed by atoms with E-state index in [9.17, 15) is 18.8 Å². The molecule has 2 aromatic rings. The number of thioether (sulfide) groups is 1. The van der Waals surface area contributed by atoms with Crippen LogP contribution in [-0.4, -0.2) is 41.9 Å². The zero-order valence-electron chi connectivity index (χ0n) is 16.2. The van der Waals surface area contributed by atoms with E-state index in [1.54, 1.807) is 30.3 Å². The van der Waals surface area contributed by atoms with E-state index < -0.39 is 35.7 Å². The zero-order valence-corrected chi connectivity index (χ0v) is 17.0. The highest BCUT2D eigenvalue weighted by molar-refractivity contribution is 7.98. The van der Waals surface area contributed by atoms with Crippen LogP contribution in [0.15, 0.2) is 54.6 Å². The number of hydrogen-bond donors (Lipinski definition) is 2. The van der Waals surface area contributed by atoms with Crippen molar-refractivity contribution in [2.75, 3.05) is 17.3 Å². The van der Waals surface area contributed by atoms with Gasteiger partial charge in [0.05, 0.1) is 0 Å². The number of rotatable bonds is 9. The normalized spacial score (nSPS) is 12.5. The molecule has 0 saturated carbocycles. The largest absolute Gasteiger partial charge is 0.451 e. The maximum atomic E-state index is 13.2. The van der Waals surface area contributed by atoms with Gasteiger partial charge in [-0.1, -0.05) is 24.3 Å². The van der Waals surface area contributed by atoms with Crippen molar-refractivity contribution in [2.45, 2.75) is 25.5 Å². The van der Waals surface area contributed by atoms with Crippen molar-refractivity contribution in [1.29, 1.82) is 0 Å². The molecule has 2 N–H and O–H groups in total. The number of nitrogens with one attached hydrogen (secondary N) is 2. The van der Waals surface area contributed by atoms with E-state index in [1.165, 1.54) is 36.9 Å². The molecule has 0 aliphatic rings. The first-order chi connectivity index (χ1) is 13.9. The van der Waals surface area contributed by atoms with Crippen molar-refractivity contribution in [3.8, 4) is 0 Å². The molecule has 0 unspecified atom stereocenters. The maximum Gasteiger partial charge on any atom is 0.329 e. The lowest BCUT2D eigenvalue weighted by molar-refractivity contribution is -0.155. The molecular weight excluding hydrogens is 395 g/mol. The first-order valence-electron chi connectivity index (χ1n) is 9.02. The Bertz CT molecular complexity index is 848. The molecule has 0 bridgehead atoms. The highest BCUT2D eigenvalue weighted by Gasteiger charge is 2.26. The van der Waals surface area contributed by atoms with Crippen molar-refractivity contribution in [3.05, 3.63) is 66.0 Å². The van der Waals surface area contributed by atoms with Gasteiger partial charge in [0.1, 0.15) is 11.9 Å². The molecule has 29 heavy (non-hydrogen) atoms. The van der Waals surface area contributed by atoms with Gasteiger partial charge in [-0.15, -0.1) is 0 Å². The summed E-state index contributed by atoms with van der Waals surface area (Å²) in [5.74, 6) is -1.57. The van der Waals surface area contributed by atoms with Gasteiger partial charge in [-0.2, -0.15) is 11.8 Å². The molecule has 2 amide bonds. The summed E-state index contributed by atoms with van der Waals surface area (Å²) in [6.45, 7) is 1.41. The third-order valence-electron chi connectivity index (χ3n) is 3.99. The second-order valence-electron chi connectivity index (χ2n) is 6.25. The summed E-state index contributed by atoms with van der Waals surface area (Å²) in [7, 11) is 0. The Kier molecular flexibility index (Phi) is 8.67. The van der Waals surface area contributed by atoms with Gasteiger partial charge in [-0.05, 0) is 55.7 Å². The molecular formula is C21H23FN2O4S. The Morgan fingerprint density at radius 2 is 1.83 bits per heavy atom. The van der Waals surface area contributed by atoms with Crippen LogP contribution >= 0.6 is 11.8 Å². The van der Waals surface area contributed by atoms with E-state index in [-0.39, 0.29) is 5.69 Å². The second-order valence-corrected chi connectivity index (χ2v) is 7.24. The number of ether oxygens (including phenoxy) is 1. The van der Waals surface area contributed by atoms with E-state index in [0.717, 1.165) is 6.07 Å². The van der Waals surface area contributed by atoms with Crippen LogP contribution in [0.4, 0.5) is 10.1 Å². The monoisotopic (exact) mass is 418 g/mol. The molecule has 0 spiro atoms. The SMILES string of the molecule is CSCC[C@H](NC(=O)c1ccccc1)C(=O)O[C@@H](C)C(=O)Nc1cccc(F)c1. The molecule has 0 radical (unpaired) electrons. The fourth-order valence-electron chi connectivity index (χ4n) is 2.44. The fourth-order valence-corrected chi connectivity index (χ4v) is 2.91. The summed E-state index contributed by atoms with van der Waals surface area (Å²) in [4.78, 5) is 37.2. The fraction of sp³-hybridized carbons (Fsp3) is 0.286. The first-order valence-corrected chi connectivity index (χ1v) is 10.4. The van der Waals surface area contributed by atoms with Crippen LogP contribution in [0.1, 0.15) is 23.7 Å². The molecule has 0 saturated heterocycles. The number of carbonyl (C=O) groups is 3. The standard InChI is InChI=1S/C21H23FN2O4S/c1-14(19(25)23-17-10-6-9-16(22)13-17)28-21(27)18(11-12-29-2)24-20(26)15-7-4-3-5-8-15/h3-10,13-14,18H,11-12H2,1-2H3,(H,23,25)(H,24,26)/t14-,18-/m0/s1. The van der Waals surface area contributed by atoms with Crippen molar-refractivity contribution < 1.29 is 23.5 Å². The van der Waals surface area contributed by atoms with E-state index >= 15 is 0 Å². The lowest BCUT2D eigenvalue weighted by Crippen LogP contribution is -2.44. The molecule has 0 fully saturated rings. The Morgan fingerprint density at radius 1 is 1.10 bits per heavy atom. The van der Waals surface area contributed by atoms with Crippen molar-refractivity contribution in [2.24, 2.45) is 0 Å². The quantitative estimate of drug-likeness (QED) is 0.611. The van der Waals surface area contributed by atoms with Gasteiger partial charge in [0.2, 0.25) is 0 Å². The van der Waals surface area contributed by atoms with Gasteiger partial charge in [0.25, 0.3) is 11.8 Å². The predicted octanol–water partition coefficient (Wildman–Crippen LogP) is 3.25. The van der Waals surface area contributed by atoms with Crippen LogP contribution in [-0.2, 0) is 14.3 Å². The summed E-state index contributed by atoms with van der Waals surface area (Å²) >= 11 is 1.52. The Labute approximate surface area is 173 Å². The molecule has 0 aliphatic heterocycles. The van der Waals surface area contributed by atoms with E-state index in [2.05, 4.69) is 10.6 Å². The van der Waals surface area contributed by atoms with Gasteiger partial charge >= 0.3 is 5.97 Å². The Balaban J connectivity index is 1.98. The lowest BCUT2D eigenvalue weighted by atomic mass is 10.1. The summed E-state index contributed by atoms with van der Waals surface area (Å²) in [5.41, 5.74) is 0.681. The van der Waals surface area contributed by atoms with Crippen molar-refractivity contribution in [1.82, 2.24) is 5.32 Å². The zero-order chi connectivity index (χ0) is 21.2. The molecule has 8 heteroatoms. The summed E-state index contributed by atoms with van der Waals surface area (Å²) in [6.07, 6.45) is 1.13. The van der Waals surface area contributed by atoms with Crippen LogP contribution in [0, 0.1) is 5.82 Å². The highest BCUT2D eigenvalue weighted by Crippen LogP contribution is 2.11. The number of hydrogen-bond acceptors (Lipinski definition) is 5. The molecule has 0 aliphatic carbocycles. The molecule has 0 aromatic heterocycles. The van der Waals surface area contributed by atoms with Crippen LogP contribution in [0.5, 0.6) is 0 Å². The smallest absolute Gasteiger partial charge is 0.329 e. The molecule has 2 rings (SSSR count). The average Bonchev–Trinajstić information content (AvgIpc) is 2.71. The number of benzene rings is 2. The Hall–Kier alpha value is -2.87. The molecule has 154 valence electrons. The summed E-state index contributed by atoms with van der Waals surface area (Å²) < 4.78 is 18.5. The molecule has 2 aromatic carbocycles. The van der Waals surface area contributed by atoms with E-state index in [4.69, 9.17) is 4.74 Å². The molecule has 0 heterocycles. The third-order valence-corrected chi connectivity index (χ3v) is 4.63. The van der Waals surface area contributed by atoms with Gasteiger partial charge in [0, 0.05) is 11.3 Å². The maximum absolute atomic E-state index is 13.2. The summed E-state index contributed by atoms with van der Waals surface area (Å²) in [5, 5.41) is 5.15. The number of anilines is 1. The van der Waals surface area contributed by atoms with Crippen molar-refractivity contribution in [3.63, 3.8) is 0 Å². The second kappa shape index (κ2) is 11.2.